The predicted octanol–water partition coefficient (Wildman–Crippen LogP) is 2.23. The molecule has 1 aromatic carbocycles. The highest BCUT2D eigenvalue weighted by Gasteiger charge is 2.13. The van der Waals surface area contributed by atoms with Crippen molar-refractivity contribution in [1.82, 2.24) is 4.98 Å². The first-order valence-corrected chi connectivity index (χ1v) is 5.78. The molecule has 0 saturated carbocycles. The molecule has 0 aliphatic carbocycles. The number of methoxy groups -OCH3 is 1. The number of nitrogens with zero attached hydrogens (tertiary/aromatic N) is 1. The Bertz CT molecular complexity index is 591. The molecule has 5 nitrogen and oxygen atoms in total. The van der Waals surface area contributed by atoms with Gasteiger partial charge in [-0.2, -0.15) is 0 Å². The van der Waals surface area contributed by atoms with Crippen LogP contribution >= 0.6 is 0 Å². The number of hydrogen-bond acceptors (Lipinski definition) is 4. The third-order valence-corrected chi connectivity index (χ3v) is 2.74. The number of nitrogens with one attached hydrogen (secondary N) is 1. The van der Waals surface area contributed by atoms with Crippen LogP contribution in [0.2, 0.25) is 0 Å². The van der Waals surface area contributed by atoms with Crippen molar-refractivity contribution < 1.29 is 9.53 Å². The molecule has 0 unspecified atom stereocenters. The van der Waals surface area contributed by atoms with Gasteiger partial charge < -0.3 is 15.8 Å². The van der Waals surface area contributed by atoms with Gasteiger partial charge in [0.1, 0.15) is 11.6 Å². The summed E-state index contributed by atoms with van der Waals surface area (Å²) in [4.78, 5) is 16.1. The van der Waals surface area contributed by atoms with Crippen LogP contribution in [0.3, 0.4) is 0 Å². The number of amides is 1. The summed E-state index contributed by atoms with van der Waals surface area (Å²) >= 11 is 0. The molecule has 0 radical (unpaired) electrons. The van der Waals surface area contributed by atoms with Gasteiger partial charge in [0.25, 0.3) is 5.91 Å². The first-order valence-electron chi connectivity index (χ1n) is 5.78. The summed E-state index contributed by atoms with van der Waals surface area (Å²) in [5.74, 6) is 0.616. The standard InChI is InChI=1S/C14H15N3O2/c1-9-6-7-16-13(15)12(9)14(18)17-10-4-3-5-11(8-10)19-2/h3-8H,1-2H3,(H2,15,16)(H,17,18). The summed E-state index contributed by atoms with van der Waals surface area (Å²) < 4.78 is 5.10. The van der Waals surface area contributed by atoms with E-state index in [4.69, 9.17) is 10.5 Å². The lowest BCUT2D eigenvalue weighted by Crippen LogP contribution is -2.16. The van der Waals surface area contributed by atoms with Crippen molar-refractivity contribution in [3.8, 4) is 5.75 Å². The number of carbonyl (C=O) groups is 1. The van der Waals surface area contributed by atoms with Crippen molar-refractivity contribution in [3.63, 3.8) is 0 Å². The Hall–Kier alpha value is -2.56. The number of aryl methyl sites for hydroxylation is 1. The van der Waals surface area contributed by atoms with Crippen LogP contribution in [0.15, 0.2) is 36.5 Å². The fourth-order valence-corrected chi connectivity index (χ4v) is 1.77. The van der Waals surface area contributed by atoms with Crippen LogP contribution in [-0.2, 0) is 0 Å². The quantitative estimate of drug-likeness (QED) is 0.884. The summed E-state index contributed by atoms with van der Waals surface area (Å²) in [6.07, 6.45) is 1.58. The first-order chi connectivity index (χ1) is 9.11. The molecular formula is C14H15N3O2. The van der Waals surface area contributed by atoms with Crippen LogP contribution in [0.25, 0.3) is 0 Å². The molecule has 0 aliphatic rings. The summed E-state index contributed by atoms with van der Waals surface area (Å²) in [5.41, 5.74) is 7.56. The van der Waals surface area contributed by atoms with Crippen LogP contribution in [0.1, 0.15) is 15.9 Å². The molecular weight excluding hydrogens is 242 g/mol. The Morgan fingerprint density at radius 3 is 2.84 bits per heavy atom. The maximum Gasteiger partial charge on any atom is 0.259 e. The van der Waals surface area contributed by atoms with Crippen molar-refractivity contribution >= 4 is 17.4 Å². The van der Waals surface area contributed by atoms with E-state index in [0.717, 1.165) is 5.56 Å². The topological polar surface area (TPSA) is 77.2 Å². The molecule has 1 amide bonds. The number of benzene rings is 1. The van der Waals surface area contributed by atoms with Crippen LogP contribution in [0.4, 0.5) is 11.5 Å². The molecule has 3 N–H and O–H groups in total. The number of anilines is 2. The van der Waals surface area contributed by atoms with Crippen LogP contribution in [0.5, 0.6) is 5.75 Å². The van der Waals surface area contributed by atoms with Gasteiger partial charge >= 0.3 is 0 Å². The Balaban J connectivity index is 2.26. The van der Waals surface area contributed by atoms with Crippen molar-refractivity contribution in [2.75, 3.05) is 18.2 Å². The second kappa shape index (κ2) is 5.39. The van der Waals surface area contributed by atoms with E-state index in [9.17, 15) is 4.79 Å². The van der Waals surface area contributed by atoms with Gasteiger partial charge in [-0.25, -0.2) is 4.98 Å². The van der Waals surface area contributed by atoms with E-state index in [1.54, 1.807) is 43.6 Å². The van der Waals surface area contributed by atoms with Gasteiger partial charge in [-0.15, -0.1) is 0 Å². The van der Waals surface area contributed by atoms with E-state index in [-0.39, 0.29) is 11.7 Å². The molecule has 2 aromatic rings. The molecule has 98 valence electrons. The fourth-order valence-electron chi connectivity index (χ4n) is 1.77. The molecule has 0 atom stereocenters. The number of nitrogen functional groups attached to an aromatic ring is 1. The van der Waals surface area contributed by atoms with E-state index < -0.39 is 0 Å². The van der Waals surface area contributed by atoms with E-state index in [2.05, 4.69) is 10.3 Å². The Labute approximate surface area is 111 Å². The summed E-state index contributed by atoms with van der Waals surface area (Å²) in [6.45, 7) is 1.82. The monoisotopic (exact) mass is 257 g/mol. The SMILES string of the molecule is COc1cccc(NC(=O)c2c(C)ccnc2N)c1. The molecule has 0 saturated heterocycles. The summed E-state index contributed by atoms with van der Waals surface area (Å²) in [5, 5.41) is 2.78. The number of hydrogen-bond donors (Lipinski definition) is 2. The second-order valence-electron chi connectivity index (χ2n) is 4.07. The first kappa shape index (κ1) is 12.9. The normalized spacial score (nSPS) is 10.0. The molecule has 2 rings (SSSR count). The van der Waals surface area contributed by atoms with Gasteiger partial charge in [0.2, 0.25) is 0 Å². The molecule has 0 spiro atoms. The zero-order valence-corrected chi connectivity index (χ0v) is 10.8. The van der Waals surface area contributed by atoms with Gasteiger partial charge in [0.05, 0.1) is 12.7 Å². The average Bonchev–Trinajstić information content (AvgIpc) is 2.38. The summed E-state index contributed by atoms with van der Waals surface area (Å²) in [7, 11) is 1.57. The number of rotatable bonds is 3. The molecule has 5 heteroatoms. The Morgan fingerprint density at radius 1 is 1.37 bits per heavy atom. The Kier molecular flexibility index (Phi) is 3.66. The third kappa shape index (κ3) is 2.82. The van der Waals surface area contributed by atoms with Gasteiger partial charge in [0, 0.05) is 18.0 Å². The van der Waals surface area contributed by atoms with Crippen molar-refractivity contribution in [1.29, 1.82) is 0 Å². The minimum atomic E-state index is -0.281. The third-order valence-electron chi connectivity index (χ3n) is 2.74. The van der Waals surface area contributed by atoms with E-state index in [1.165, 1.54) is 0 Å². The van der Waals surface area contributed by atoms with Crippen LogP contribution in [-0.4, -0.2) is 18.0 Å². The van der Waals surface area contributed by atoms with Gasteiger partial charge in [0.15, 0.2) is 0 Å². The molecule has 1 heterocycles. The van der Waals surface area contributed by atoms with E-state index >= 15 is 0 Å². The maximum absolute atomic E-state index is 12.2. The van der Waals surface area contributed by atoms with E-state index in [0.29, 0.717) is 17.0 Å². The van der Waals surface area contributed by atoms with Crippen molar-refractivity contribution in [3.05, 3.63) is 47.7 Å². The molecule has 0 aliphatic heterocycles. The number of ether oxygens (including phenoxy) is 1. The lowest BCUT2D eigenvalue weighted by Gasteiger charge is -2.10. The highest BCUT2D eigenvalue weighted by molar-refractivity contribution is 6.08. The molecule has 0 fully saturated rings. The number of aromatic nitrogens is 1. The predicted molar refractivity (Wildman–Crippen MR) is 74.3 cm³/mol. The number of pyridine rings is 1. The number of carbonyl (C=O) groups excluding carboxylic acids is 1. The lowest BCUT2D eigenvalue weighted by atomic mass is 10.1. The molecule has 19 heavy (non-hydrogen) atoms. The zero-order chi connectivity index (χ0) is 13.8. The zero-order valence-electron chi connectivity index (χ0n) is 10.8. The van der Waals surface area contributed by atoms with E-state index in [1.807, 2.05) is 6.92 Å². The fraction of sp³-hybridized carbons (Fsp3) is 0.143. The smallest absolute Gasteiger partial charge is 0.259 e. The average molecular weight is 257 g/mol. The maximum atomic E-state index is 12.2. The molecule has 1 aromatic heterocycles. The van der Waals surface area contributed by atoms with Crippen molar-refractivity contribution in [2.45, 2.75) is 6.92 Å². The highest BCUT2D eigenvalue weighted by atomic mass is 16.5. The number of nitrogens with two attached hydrogens (primary N) is 1. The van der Waals surface area contributed by atoms with Gasteiger partial charge in [-0.3, -0.25) is 4.79 Å². The molecule has 0 bridgehead atoms. The summed E-state index contributed by atoms with van der Waals surface area (Å²) in [6, 6.07) is 8.87. The Morgan fingerprint density at radius 2 is 2.16 bits per heavy atom. The van der Waals surface area contributed by atoms with Gasteiger partial charge in [-0.05, 0) is 30.7 Å². The minimum Gasteiger partial charge on any atom is -0.497 e. The minimum absolute atomic E-state index is 0.223. The highest BCUT2D eigenvalue weighted by Crippen LogP contribution is 2.19. The second-order valence-corrected chi connectivity index (χ2v) is 4.07. The van der Waals surface area contributed by atoms with Gasteiger partial charge in [-0.1, -0.05) is 6.07 Å². The van der Waals surface area contributed by atoms with Crippen LogP contribution in [0, 0.1) is 6.92 Å². The lowest BCUT2D eigenvalue weighted by molar-refractivity contribution is 0.102. The van der Waals surface area contributed by atoms with Crippen molar-refractivity contribution in [2.24, 2.45) is 0 Å². The largest absolute Gasteiger partial charge is 0.497 e. The van der Waals surface area contributed by atoms with Crippen LogP contribution < -0.4 is 15.8 Å².